The van der Waals surface area contributed by atoms with Crippen molar-refractivity contribution in [3.63, 3.8) is 0 Å². The van der Waals surface area contributed by atoms with Crippen LogP contribution in [-0.4, -0.2) is 6.61 Å². The molecular weight excluding hydrogens is 99.0 g/mol. The lowest BCUT2D eigenvalue weighted by Gasteiger charge is -1.76. The van der Waals surface area contributed by atoms with Crippen molar-refractivity contribution in [3.05, 3.63) is 6.66 Å². The zero-order valence-electron chi connectivity index (χ0n) is 3.68. The van der Waals surface area contributed by atoms with E-state index >= 15 is 0 Å². The highest BCUT2D eigenvalue weighted by atomic mass is 31.1. The Morgan fingerprint density at radius 2 is 2.50 bits per heavy atom. The van der Waals surface area contributed by atoms with Gasteiger partial charge in [-0.05, 0) is 6.92 Å². The Hall–Kier alpha value is 0.0600. The fourth-order valence-corrected chi connectivity index (χ4v) is 0.432. The second kappa shape index (κ2) is 3.26. The summed E-state index contributed by atoms with van der Waals surface area (Å²) >= 11 is 0. The van der Waals surface area contributed by atoms with Gasteiger partial charge in [0.2, 0.25) is 0 Å². The summed E-state index contributed by atoms with van der Waals surface area (Å²) in [6, 6.07) is 0. The average molecular weight is 106 g/mol. The molecule has 0 rings (SSSR count). The average Bonchev–Trinajstić information content (AvgIpc) is 1.35. The van der Waals surface area contributed by atoms with Gasteiger partial charge in [0.1, 0.15) is 0 Å². The van der Waals surface area contributed by atoms with E-state index in [0.29, 0.717) is 6.61 Å². The molecule has 0 aromatic heterocycles. The van der Waals surface area contributed by atoms with Gasteiger partial charge >= 0.3 is 8.03 Å². The Kier molecular flexibility index (Phi) is 3.29. The van der Waals surface area contributed by atoms with Crippen LogP contribution in [0.15, 0.2) is 0 Å². The van der Waals surface area contributed by atoms with E-state index in [0.717, 1.165) is 0 Å². The number of rotatable bonds is 2. The van der Waals surface area contributed by atoms with Crippen LogP contribution in [0.1, 0.15) is 6.92 Å². The van der Waals surface area contributed by atoms with Gasteiger partial charge in [-0.15, -0.1) is 0 Å². The molecule has 0 aromatic rings. The van der Waals surface area contributed by atoms with Gasteiger partial charge in [0, 0.05) is 0 Å². The third-order valence-electron chi connectivity index (χ3n) is 0.273. The minimum atomic E-state index is -1.60. The summed E-state index contributed by atoms with van der Waals surface area (Å²) < 4.78 is 14.3. The third-order valence-corrected chi connectivity index (χ3v) is 0.819. The first-order valence-electron chi connectivity index (χ1n) is 1.68. The highest BCUT2D eigenvalue weighted by molar-refractivity contribution is 7.40. The zero-order chi connectivity index (χ0) is 4.99. The van der Waals surface area contributed by atoms with E-state index in [2.05, 4.69) is 11.2 Å². The maximum atomic E-state index is 9.86. The van der Waals surface area contributed by atoms with Crippen LogP contribution in [0.5, 0.6) is 0 Å². The molecule has 0 N–H and O–H groups in total. The molecule has 0 amide bonds. The minimum absolute atomic E-state index is 0.485. The van der Waals surface area contributed by atoms with Gasteiger partial charge in [0.15, 0.2) is 0 Å². The van der Waals surface area contributed by atoms with Crippen molar-refractivity contribution in [2.24, 2.45) is 0 Å². The highest BCUT2D eigenvalue weighted by Gasteiger charge is 1.89. The molecule has 36 valence electrons. The van der Waals surface area contributed by atoms with Crippen molar-refractivity contribution in [2.45, 2.75) is 6.92 Å². The largest absolute Gasteiger partial charge is 0.342 e. The van der Waals surface area contributed by atoms with E-state index < -0.39 is 8.03 Å². The van der Waals surface area contributed by atoms with Crippen molar-refractivity contribution in [3.8, 4) is 0 Å². The van der Waals surface area contributed by atoms with E-state index in [-0.39, 0.29) is 0 Å². The summed E-state index contributed by atoms with van der Waals surface area (Å²) in [5, 5.41) is 0. The predicted octanol–water partition coefficient (Wildman–Crippen LogP) is 1.56. The Balaban J connectivity index is 2.83. The first-order valence-corrected chi connectivity index (χ1v) is 3.04. The molecule has 0 aliphatic carbocycles. The van der Waals surface area contributed by atoms with Gasteiger partial charge in [-0.2, -0.15) is 4.52 Å². The van der Waals surface area contributed by atoms with Crippen LogP contribution < -0.4 is 0 Å². The standard InChI is InChI=1S/C3H7O2P/c1-3-5-6(2)4/h2-3H2,1H3. The summed E-state index contributed by atoms with van der Waals surface area (Å²) in [5.74, 6) is 0. The molecule has 0 saturated heterocycles. The van der Waals surface area contributed by atoms with Crippen LogP contribution in [-0.2, 0) is 9.09 Å². The van der Waals surface area contributed by atoms with E-state index in [1.165, 1.54) is 0 Å². The lowest BCUT2D eigenvalue weighted by atomic mass is 10.9. The molecular formula is C3H7O2P. The molecule has 0 aliphatic rings. The maximum absolute atomic E-state index is 9.86. The van der Waals surface area contributed by atoms with Gasteiger partial charge in [0.25, 0.3) is 0 Å². The van der Waals surface area contributed by atoms with Crippen molar-refractivity contribution >= 4 is 8.03 Å². The van der Waals surface area contributed by atoms with Crippen molar-refractivity contribution in [2.75, 3.05) is 6.61 Å². The van der Waals surface area contributed by atoms with Crippen molar-refractivity contribution in [1.82, 2.24) is 0 Å². The summed E-state index contributed by atoms with van der Waals surface area (Å²) in [6.07, 6.45) is 0. The topological polar surface area (TPSA) is 26.3 Å². The summed E-state index contributed by atoms with van der Waals surface area (Å²) in [4.78, 5) is 0. The summed E-state index contributed by atoms with van der Waals surface area (Å²) in [7, 11) is -1.60. The minimum Gasteiger partial charge on any atom is -0.171 e. The molecule has 1 atom stereocenters. The van der Waals surface area contributed by atoms with E-state index in [9.17, 15) is 4.57 Å². The summed E-state index contributed by atoms with van der Waals surface area (Å²) in [5.41, 5.74) is 0. The fourth-order valence-electron chi connectivity index (χ4n) is 0.144. The molecule has 6 heavy (non-hydrogen) atoms. The van der Waals surface area contributed by atoms with Crippen molar-refractivity contribution in [1.29, 1.82) is 0 Å². The highest BCUT2D eigenvalue weighted by Crippen LogP contribution is 2.16. The van der Waals surface area contributed by atoms with Gasteiger partial charge in [-0.1, -0.05) is 11.2 Å². The van der Waals surface area contributed by atoms with Gasteiger partial charge in [0.05, 0.1) is 6.61 Å². The summed E-state index contributed by atoms with van der Waals surface area (Å²) in [6.45, 7) is 5.38. The second-order valence-electron chi connectivity index (χ2n) is 0.751. The number of hydrogen-bond donors (Lipinski definition) is 0. The monoisotopic (exact) mass is 106 g/mol. The van der Waals surface area contributed by atoms with Crippen LogP contribution in [0, 0.1) is 6.66 Å². The molecule has 0 heterocycles. The Morgan fingerprint density at radius 3 is 2.50 bits per heavy atom. The Morgan fingerprint density at radius 1 is 2.00 bits per heavy atom. The SMILES string of the molecule is [CH2-][P+](=O)OCC. The lowest BCUT2D eigenvalue weighted by molar-refractivity contribution is 0.356. The van der Waals surface area contributed by atoms with Crippen LogP contribution >= 0.6 is 8.03 Å². The maximum Gasteiger partial charge on any atom is 0.342 e. The molecule has 0 aliphatic heterocycles. The molecule has 0 saturated carbocycles. The third kappa shape index (κ3) is 4.06. The molecule has 0 radical (unpaired) electrons. The Labute approximate surface area is 38.4 Å². The normalized spacial score (nSPS) is 11.3. The smallest absolute Gasteiger partial charge is 0.171 e. The van der Waals surface area contributed by atoms with Crippen LogP contribution in [0.25, 0.3) is 0 Å². The van der Waals surface area contributed by atoms with Crippen LogP contribution in [0.3, 0.4) is 0 Å². The van der Waals surface area contributed by atoms with Gasteiger partial charge in [-0.25, -0.2) is 0 Å². The molecule has 1 unspecified atom stereocenters. The molecule has 0 aromatic carbocycles. The molecule has 3 heteroatoms. The van der Waals surface area contributed by atoms with Gasteiger partial charge in [-0.3, -0.25) is 0 Å². The van der Waals surface area contributed by atoms with Crippen LogP contribution in [0.4, 0.5) is 0 Å². The molecule has 0 fully saturated rings. The van der Waals surface area contributed by atoms with Crippen LogP contribution in [0.2, 0.25) is 0 Å². The predicted molar refractivity (Wildman–Crippen MR) is 24.6 cm³/mol. The van der Waals surface area contributed by atoms with E-state index in [1.807, 2.05) is 0 Å². The first kappa shape index (κ1) is 6.06. The fraction of sp³-hybridized carbons (Fsp3) is 0.667. The lowest BCUT2D eigenvalue weighted by Crippen LogP contribution is -1.70. The van der Waals surface area contributed by atoms with E-state index in [1.54, 1.807) is 6.92 Å². The van der Waals surface area contributed by atoms with E-state index in [4.69, 9.17) is 0 Å². The molecule has 0 bridgehead atoms. The Bertz CT molecular complexity index is 52.8. The van der Waals surface area contributed by atoms with Crippen molar-refractivity contribution < 1.29 is 9.09 Å². The quantitative estimate of drug-likeness (QED) is 0.394. The molecule has 2 nitrogen and oxygen atoms in total. The first-order chi connectivity index (χ1) is 2.77. The number of hydrogen-bond acceptors (Lipinski definition) is 2. The second-order valence-corrected chi connectivity index (χ2v) is 1.67. The zero-order valence-corrected chi connectivity index (χ0v) is 4.57. The molecule has 0 spiro atoms. The van der Waals surface area contributed by atoms with Gasteiger partial charge < -0.3 is 0 Å².